The average Bonchev–Trinajstić information content (AvgIpc) is 1.73. The second-order valence-corrected chi connectivity index (χ2v) is 4.53. The Hall–Kier alpha value is 0.155. The van der Waals surface area contributed by atoms with E-state index >= 15 is 0 Å². The molecule has 0 spiro atoms. The van der Waals surface area contributed by atoms with Gasteiger partial charge in [0.25, 0.3) is 0 Å². The molecule has 1 aliphatic rings. The molecule has 4 heteroatoms. The highest BCUT2D eigenvalue weighted by atomic mass is 16.5. The lowest BCUT2D eigenvalue weighted by Crippen LogP contribution is -2.31. The zero-order chi connectivity index (χ0) is 7.99. The van der Waals surface area contributed by atoms with Crippen molar-refractivity contribution in [2.45, 2.75) is 38.6 Å². The fourth-order valence-corrected chi connectivity index (χ4v) is 1.67. The van der Waals surface area contributed by atoms with Crippen molar-refractivity contribution in [3.05, 3.63) is 0 Å². The van der Waals surface area contributed by atoms with Gasteiger partial charge in [0.15, 0.2) is 0 Å². The van der Waals surface area contributed by atoms with Crippen LogP contribution in [0.3, 0.4) is 0 Å². The van der Waals surface area contributed by atoms with Crippen LogP contribution in [0.1, 0.15) is 27.7 Å². The zero-order valence-electron chi connectivity index (χ0n) is 7.69. The lowest BCUT2D eigenvalue weighted by atomic mass is 9.17. The van der Waals surface area contributed by atoms with E-state index in [-0.39, 0.29) is 5.60 Å². The van der Waals surface area contributed by atoms with Crippen LogP contribution in [0.5, 0.6) is 0 Å². The summed E-state index contributed by atoms with van der Waals surface area (Å²) in [6, 6.07) is 0. The summed E-state index contributed by atoms with van der Waals surface area (Å²) in [7, 11) is 3.33. The summed E-state index contributed by atoms with van der Waals surface area (Å²) >= 11 is 0. The molecule has 0 saturated carbocycles. The lowest BCUT2D eigenvalue weighted by molar-refractivity contribution is 0.0895. The second-order valence-electron chi connectivity index (χ2n) is 4.53. The van der Waals surface area contributed by atoms with Crippen LogP contribution in [0.25, 0.3) is 0 Å². The molecule has 1 rings (SSSR count). The highest BCUT2D eigenvalue weighted by Gasteiger charge is 2.47. The molecule has 0 amide bonds. The van der Waals surface area contributed by atoms with Crippen molar-refractivity contribution in [2.24, 2.45) is 0 Å². The van der Waals surface area contributed by atoms with E-state index in [0.29, 0.717) is 12.0 Å². The largest absolute Gasteiger partial charge is 0.450 e. The molecule has 0 N–H and O–H groups in total. The highest BCUT2D eigenvalue weighted by molar-refractivity contribution is 7.33. The first-order chi connectivity index (χ1) is 4.35. The fraction of sp³-hybridized carbons (Fsp3) is 1.00. The predicted molar refractivity (Wildman–Crippen MR) is 50.7 cm³/mol. The Bertz CT molecular complexity index is 128. The zero-order valence-corrected chi connectivity index (χ0v) is 7.69. The molecule has 10 heavy (non-hydrogen) atoms. The van der Waals surface area contributed by atoms with Crippen molar-refractivity contribution in [1.29, 1.82) is 0 Å². The van der Waals surface area contributed by atoms with Crippen LogP contribution >= 0.6 is 0 Å². The van der Waals surface area contributed by atoms with Gasteiger partial charge in [0.2, 0.25) is 6.70 Å². The molecule has 1 saturated heterocycles. The summed E-state index contributed by atoms with van der Waals surface area (Å²) < 4.78 is 5.76. The van der Waals surface area contributed by atoms with E-state index in [1.807, 2.05) is 0 Å². The van der Waals surface area contributed by atoms with Gasteiger partial charge in [-0.15, -0.1) is 0 Å². The van der Waals surface area contributed by atoms with Crippen molar-refractivity contribution < 1.29 is 4.65 Å². The normalized spacial score (nSPS) is 28.2. The number of hydrogen-bond donors (Lipinski definition) is 0. The molecule has 0 atom stereocenters. The molecule has 0 aliphatic carbocycles. The fourth-order valence-electron chi connectivity index (χ4n) is 1.67. The smallest absolute Gasteiger partial charge is 0.211 e. The minimum absolute atomic E-state index is 0.0619. The lowest BCUT2D eigenvalue weighted by Gasteiger charge is -2.34. The van der Waals surface area contributed by atoms with Gasteiger partial charge in [-0.05, 0) is 19.2 Å². The molecule has 0 aromatic rings. The van der Waals surface area contributed by atoms with Crippen LogP contribution < -0.4 is 0 Å². The van der Waals surface area contributed by atoms with Gasteiger partial charge < -0.3 is 4.65 Å². The average molecular weight is 136 g/mol. The monoisotopic (exact) mass is 136 g/mol. The Balaban J connectivity index is 2.78. The Morgan fingerprint density at radius 2 is 1.80 bits per heavy atom. The van der Waals surface area contributed by atoms with Gasteiger partial charge >= 0.3 is 0 Å². The highest BCUT2D eigenvalue weighted by Crippen LogP contribution is 2.44. The van der Waals surface area contributed by atoms with Crippen molar-refractivity contribution in [3.8, 4) is 0 Å². The Morgan fingerprint density at radius 3 is 1.90 bits per heavy atom. The van der Waals surface area contributed by atoms with E-state index in [1.54, 1.807) is 0 Å². The van der Waals surface area contributed by atoms with E-state index in [2.05, 4.69) is 35.4 Å². The first-order valence-corrected chi connectivity index (χ1v) is 4.03. The van der Waals surface area contributed by atoms with Crippen molar-refractivity contribution in [3.63, 3.8) is 0 Å². The molecule has 1 aliphatic heterocycles. The van der Waals surface area contributed by atoms with Crippen molar-refractivity contribution in [2.75, 3.05) is 0 Å². The topological polar surface area (TPSA) is 9.23 Å². The van der Waals surface area contributed by atoms with Crippen molar-refractivity contribution in [1.82, 2.24) is 0 Å². The number of rotatable bonds is 0. The molecule has 0 unspecified atom stereocenters. The maximum absolute atomic E-state index is 5.76. The van der Waals surface area contributed by atoms with E-state index in [4.69, 9.17) is 4.65 Å². The van der Waals surface area contributed by atoms with Crippen molar-refractivity contribution >= 4 is 21.6 Å². The molecule has 0 bridgehead atoms. The summed E-state index contributed by atoms with van der Waals surface area (Å²) in [5.74, 6) is 0. The van der Waals surface area contributed by atoms with Crippen LogP contribution in [0, 0.1) is 0 Å². The molecular weight excluding hydrogens is 121 g/mol. The minimum Gasteiger partial charge on any atom is -0.450 e. The Labute approximate surface area is 65.6 Å². The van der Waals surface area contributed by atoms with E-state index in [0.717, 1.165) is 0 Å². The molecule has 54 valence electrons. The maximum Gasteiger partial charge on any atom is 0.211 e. The van der Waals surface area contributed by atoms with Crippen LogP contribution in [0.15, 0.2) is 0 Å². The Morgan fingerprint density at radius 1 is 1.30 bits per heavy atom. The van der Waals surface area contributed by atoms with Gasteiger partial charge in [0.05, 0.1) is 0 Å². The SMILES string of the molecule is BB1BC(C)(C)C(C)(C)O1. The van der Waals surface area contributed by atoms with Crippen LogP contribution in [0.4, 0.5) is 0 Å². The first-order valence-electron chi connectivity index (χ1n) is 4.03. The van der Waals surface area contributed by atoms with E-state index in [9.17, 15) is 0 Å². The quantitative estimate of drug-likeness (QED) is 0.427. The molecule has 1 fully saturated rings. The summed E-state index contributed by atoms with van der Waals surface area (Å²) in [4.78, 5) is 0. The Kier molecular flexibility index (Phi) is 1.71. The minimum atomic E-state index is 0.0619. The molecule has 0 radical (unpaired) electrons. The standard InChI is InChI=1S/C6H15B3O/c1-5(2)6(3,4)10-9(7)8-5/h8H,7H2,1-4H3. The van der Waals surface area contributed by atoms with Crippen LogP contribution in [0.2, 0.25) is 5.31 Å². The molecule has 0 aromatic heterocycles. The van der Waals surface area contributed by atoms with Gasteiger partial charge in [0, 0.05) is 5.60 Å². The van der Waals surface area contributed by atoms with Gasteiger partial charge in [-0.25, -0.2) is 0 Å². The van der Waals surface area contributed by atoms with Gasteiger partial charge in [-0.1, -0.05) is 13.8 Å². The van der Waals surface area contributed by atoms with Gasteiger partial charge in [-0.2, -0.15) is 0 Å². The molecule has 1 heterocycles. The maximum atomic E-state index is 5.76. The second kappa shape index (κ2) is 2.07. The third-order valence-corrected chi connectivity index (χ3v) is 2.92. The third kappa shape index (κ3) is 1.14. The summed E-state index contributed by atoms with van der Waals surface area (Å²) in [5, 5.41) is 0.340. The number of hydrogen-bond acceptors (Lipinski definition) is 1. The predicted octanol–water partition coefficient (Wildman–Crippen LogP) is 0.0482. The summed E-state index contributed by atoms with van der Waals surface area (Å²) in [6.45, 7) is 9.34. The molecule has 0 aromatic carbocycles. The van der Waals surface area contributed by atoms with Gasteiger partial charge in [-0.3, -0.25) is 0 Å². The van der Waals surface area contributed by atoms with Gasteiger partial charge in [0.1, 0.15) is 14.9 Å². The van der Waals surface area contributed by atoms with E-state index in [1.165, 1.54) is 7.17 Å². The van der Waals surface area contributed by atoms with Crippen LogP contribution in [-0.4, -0.2) is 27.2 Å². The molecular formula is C6H15B3O. The summed E-state index contributed by atoms with van der Waals surface area (Å²) in [6.07, 6.45) is 0. The summed E-state index contributed by atoms with van der Waals surface area (Å²) in [5.41, 5.74) is 0.0619. The third-order valence-electron chi connectivity index (χ3n) is 2.92. The van der Waals surface area contributed by atoms with Crippen LogP contribution in [-0.2, 0) is 4.65 Å². The molecule has 1 nitrogen and oxygen atoms in total. The van der Waals surface area contributed by atoms with E-state index < -0.39 is 0 Å². The first kappa shape index (κ1) is 8.25.